The van der Waals surface area contributed by atoms with Gasteiger partial charge < -0.3 is 14.8 Å². The molecule has 0 unspecified atom stereocenters. The Balaban J connectivity index is 1.60. The maximum Gasteiger partial charge on any atom is 0.277 e. The topological polar surface area (TPSA) is 82.4 Å². The van der Waals surface area contributed by atoms with E-state index < -0.39 is 0 Å². The van der Waals surface area contributed by atoms with Gasteiger partial charge >= 0.3 is 0 Å². The van der Waals surface area contributed by atoms with Gasteiger partial charge in [0.25, 0.3) is 5.56 Å². The average molecular weight is 429 g/mol. The number of nitrogens with zero attached hydrogens (tertiary/aromatic N) is 2. The smallest absolute Gasteiger partial charge is 0.277 e. The molecule has 0 saturated carbocycles. The van der Waals surface area contributed by atoms with Gasteiger partial charge in [0.15, 0.2) is 0 Å². The fraction of sp³-hybridized carbons (Fsp3) is 0.160. The number of rotatable bonds is 7. The van der Waals surface area contributed by atoms with Gasteiger partial charge in [-0.3, -0.25) is 14.2 Å². The molecule has 4 rings (SSSR count). The number of methoxy groups -OCH3 is 2. The molecular weight excluding hydrogens is 406 g/mol. The Kier molecular flexibility index (Phi) is 6.17. The Labute approximate surface area is 185 Å². The van der Waals surface area contributed by atoms with Gasteiger partial charge in [-0.1, -0.05) is 12.1 Å². The van der Waals surface area contributed by atoms with Crippen LogP contribution in [0.4, 0.5) is 5.69 Å². The molecule has 3 aromatic carbocycles. The van der Waals surface area contributed by atoms with Gasteiger partial charge in [-0.2, -0.15) is 0 Å². The Morgan fingerprint density at radius 1 is 0.906 bits per heavy atom. The number of amides is 1. The van der Waals surface area contributed by atoms with Crippen LogP contribution in [-0.2, 0) is 11.2 Å². The predicted molar refractivity (Wildman–Crippen MR) is 124 cm³/mol. The summed E-state index contributed by atoms with van der Waals surface area (Å²) in [5.41, 5.74) is 2.86. The highest BCUT2D eigenvalue weighted by Gasteiger charge is 2.14. The summed E-state index contributed by atoms with van der Waals surface area (Å²) in [5.74, 6) is 1.22. The summed E-state index contributed by atoms with van der Waals surface area (Å²) in [6.45, 7) is 0. The SMILES string of the molecule is COc1ccc(NC(=O)CCc2nc3ccccc3n(-c3ccc(OC)cc3)c2=O)cc1. The highest BCUT2D eigenvalue weighted by atomic mass is 16.5. The number of para-hydroxylation sites is 2. The van der Waals surface area contributed by atoms with Gasteiger partial charge in [-0.05, 0) is 60.7 Å². The van der Waals surface area contributed by atoms with Crippen LogP contribution in [0.25, 0.3) is 16.7 Å². The van der Waals surface area contributed by atoms with E-state index in [1.807, 2.05) is 36.4 Å². The number of anilines is 1. The summed E-state index contributed by atoms with van der Waals surface area (Å²) in [6.07, 6.45) is 0.358. The number of carbonyl (C=O) groups is 1. The first-order valence-electron chi connectivity index (χ1n) is 10.2. The Morgan fingerprint density at radius 3 is 2.19 bits per heavy atom. The molecule has 0 radical (unpaired) electrons. The lowest BCUT2D eigenvalue weighted by molar-refractivity contribution is -0.116. The predicted octanol–water partition coefficient (Wildman–Crippen LogP) is 3.97. The van der Waals surface area contributed by atoms with Crippen molar-refractivity contribution >= 4 is 22.6 Å². The molecule has 162 valence electrons. The number of benzene rings is 3. The van der Waals surface area contributed by atoms with Crippen molar-refractivity contribution in [1.29, 1.82) is 0 Å². The first-order chi connectivity index (χ1) is 15.6. The van der Waals surface area contributed by atoms with Crippen LogP contribution in [0, 0.1) is 0 Å². The highest BCUT2D eigenvalue weighted by molar-refractivity contribution is 5.90. The molecule has 7 nitrogen and oxygen atoms in total. The number of fused-ring (bicyclic) bond motifs is 1. The molecule has 0 atom stereocenters. The molecule has 0 saturated heterocycles. The molecule has 1 aromatic heterocycles. The number of ether oxygens (including phenoxy) is 2. The Bertz CT molecular complexity index is 1300. The normalized spacial score (nSPS) is 10.7. The summed E-state index contributed by atoms with van der Waals surface area (Å²) in [4.78, 5) is 30.3. The lowest BCUT2D eigenvalue weighted by Gasteiger charge is -2.13. The van der Waals surface area contributed by atoms with Gasteiger partial charge in [0, 0.05) is 24.2 Å². The van der Waals surface area contributed by atoms with Crippen LogP contribution in [0.5, 0.6) is 11.5 Å². The van der Waals surface area contributed by atoms with E-state index in [4.69, 9.17) is 9.47 Å². The molecule has 4 aromatic rings. The van der Waals surface area contributed by atoms with Crippen LogP contribution < -0.4 is 20.3 Å². The zero-order chi connectivity index (χ0) is 22.5. The quantitative estimate of drug-likeness (QED) is 0.481. The number of carbonyl (C=O) groups excluding carboxylic acids is 1. The van der Waals surface area contributed by atoms with Gasteiger partial charge in [-0.15, -0.1) is 0 Å². The molecule has 0 aliphatic carbocycles. The van der Waals surface area contributed by atoms with Crippen molar-refractivity contribution < 1.29 is 14.3 Å². The van der Waals surface area contributed by atoms with Crippen LogP contribution in [0.15, 0.2) is 77.6 Å². The van der Waals surface area contributed by atoms with Crippen molar-refractivity contribution in [2.75, 3.05) is 19.5 Å². The van der Waals surface area contributed by atoms with E-state index in [1.165, 1.54) is 0 Å². The number of hydrogen-bond acceptors (Lipinski definition) is 5. The van der Waals surface area contributed by atoms with E-state index in [0.29, 0.717) is 39.6 Å². The zero-order valence-electron chi connectivity index (χ0n) is 17.9. The minimum Gasteiger partial charge on any atom is -0.497 e. The van der Waals surface area contributed by atoms with E-state index >= 15 is 0 Å². The highest BCUT2D eigenvalue weighted by Crippen LogP contribution is 2.19. The van der Waals surface area contributed by atoms with Crippen LogP contribution in [0.3, 0.4) is 0 Å². The molecule has 1 amide bonds. The monoisotopic (exact) mass is 429 g/mol. The van der Waals surface area contributed by atoms with Gasteiger partial charge in [0.2, 0.25) is 5.91 Å². The average Bonchev–Trinajstić information content (AvgIpc) is 2.83. The van der Waals surface area contributed by atoms with Crippen LogP contribution >= 0.6 is 0 Å². The van der Waals surface area contributed by atoms with E-state index in [0.717, 1.165) is 0 Å². The van der Waals surface area contributed by atoms with Gasteiger partial charge in [-0.25, -0.2) is 4.98 Å². The number of nitrogens with one attached hydrogen (secondary N) is 1. The van der Waals surface area contributed by atoms with Gasteiger partial charge in [0.05, 0.1) is 25.3 Å². The first kappa shape index (κ1) is 21.1. The largest absolute Gasteiger partial charge is 0.497 e. The molecule has 0 spiro atoms. The molecule has 1 N–H and O–H groups in total. The summed E-state index contributed by atoms with van der Waals surface area (Å²) in [7, 11) is 3.18. The number of hydrogen-bond donors (Lipinski definition) is 1. The van der Waals surface area contributed by atoms with Crippen molar-refractivity contribution in [3.63, 3.8) is 0 Å². The summed E-state index contributed by atoms with van der Waals surface area (Å²) in [6, 6.07) is 21.8. The minimum absolute atomic E-state index is 0.134. The molecule has 32 heavy (non-hydrogen) atoms. The van der Waals surface area contributed by atoms with Crippen LogP contribution in [-0.4, -0.2) is 29.7 Å². The minimum atomic E-state index is -0.244. The maximum atomic E-state index is 13.3. The maximum absolute atomic E-state index is 13.3. The summed E-state index contributed by atoms with van der Waals surface area (Å²) in [5, 5.41) is 2.83. The Hall–Kier alpha value is -4.13. The van der Waals surface area contributed by atoms with E-state index in [1.54, 1.807) is 55.2 Å². The van der Waals surface area contributed by atoms with Crippen LogP contribution in [0.2, 0.25) is 0 Å². The lowest BCUT2D eigenvalue weighted by atomic mass is 10.2. The van der Waals surface area contributed by atoms with Crippen LogP contribution in [0.1, 0.15) is 12.1 Å². The van der Waals surface area contributed by atoms with Gasteiger partial charge in [0.1, 0.15) is 17.2 Å². The van der Waals surface area contributed by atoms with Crippen molar-refractivity contribution in [2.24, 2.45) is 0 Å². The van der Waals surface area contributed by atoms with E-state index in [-0.39, 0.29) is 24.3 Å². The molecule has 7 heteroatoms. The Morgan fingerprint density at radius 2 is 1.53 bits per heavy atom. The molecule has 0 fully saturated rings. The third-order valence-corrected chi connectivity index (χ3v) is 5.12. The second kappa shape index (κ2) is 9.34. The van der Waals surface area contributed by atoms with E-state index in [9.17, 15) is 9.59 Å². The van der Waals surface area contributed by atoms with Crippen molar-refractivity contribution in [3.05, 3.63) is 88.8 Å². The molecule has 0 aliphatic heterocycles. The first-order valence-corrected chi connectivity index (χ1v) is 10.2. The summed E-state index contributed by atoms with van der Waals surface area (Å²) >= 11 is 0. The van der Waals surface area contributed by atoms with Crippen molar-refractivity contribution in [1.82, 2.24) is 9.55 Å². The lowest BCUT2D eigenvalue weighted by Crippen LogP contribution is -2.25. The molecule has 1 heterocycles. The second-order valence-electron chi connectivity index (χ2n) is 7.16. The van der Waals surface area contributed by atoms with Crippen molar-refractivity contribution in [2.45, 2.75) is 12.8 Å². The fourth-order valence-corrected chi connectivity index (χ4v) is 3.46. The van der Waals surface area contributed by atoms with E-state index in [2.05, 4.69) is 10.3 Å². The standard InChI is InChI=1S/C25H23N3O4/c1-31-19-11-7-17(8-12-19)26-24(29)16-15-22-25(30)28(18-9-13-20(32-2)14-10-18)23-6-4-3-5-21(23)27-22/h3-14H,15-16H2,1-2H3,(H,26,29). The zero-order valence-corrected chi connectivity index (χ0v) is 17.9. The summed E-state index contributed by atoms with van der Waals surface area (Å²) < 4.78 is 12.0. The second-order valence-corrected chi connectivity index (χ2v) is 7.16. The number of aryl methyl sites for hydroxylation is 1. The third kappa shape index (κ3) is 4.46. The molecular formula is C25H23N3O4. The number of aromatic nitrogens is 2. The third-order valence-electron chi connectivity index (χ3n) is 5.12. The molecule has 0 bridgehead atoms. The van der Waals surface area contributed by atoms with Crippen molar-refractivity contribution in [3.8, 4) is 17.2 Å². The fourth-order valence-electron chi connectivity index (χ4n) is 3.46. The molecule has 0 aliphatic rings.